The average molecular weight is 446 g/mol. The first kappa shape index (κ1) is 19.8. The van der Waals surface area contributed by atoms with Gasteiger partial charge >= 0.3 is 0 Å². The minimum atomic E-state index is -0.258. The molecule has 1 saturated heterocycles. The predicted octanol–water partition coefficient (Wildman–Crippen LogP) is 3.14. The number of ether oxygens (including phenoxy) is 4. The van der Waals surface area contributed by atoms with Crippen molar-refractivity contribution in [2.24, 2.45) is 28.8 Å². The fourth-order valence-electron chi connectivity index (χ4n) is 5.20. The molecule has 4 aliphatic rings. The van der Waals surface area contributed by atoms with Gasteiger partial charge in [-0.3, -0.25) is 9.59 Å². The molecule has 168 valence electrons. The van der Waals surface area contributed by atoms with Gasteiger partial charge in [-0.05, 0) is 59.7 Å². The number of benzene rings is 2. The van der Waals surface area contributed by atoms with E-state index in [4.69, 9.17) is 18.9 Å². The van der Waals surface area contributed by atoms with Crippen LogP contribution in [0.1, 0.15) is 17.5 Å². The van der Waals surface area contributed by atoms with Gasteiger partial charge in [0, 0.05) is 0 Å². The molecule has 1 saturated carbocycles. The number of carbonyl (C=O) groups excluding carboxylic acids is 2. The summed E-state index contributed by atoms with van der Waals surface area (Å²) < 4.78 is 22.1. The molecular weight excluding hydrogens is 424 g/mol. The van der Waals surface area contributed by atoms with E-state index in [1.165, 1.54) is 6.21 Å². The second kappa shape index (κ2) is 7.65. The molecule has 0 radical (unpaired) electrons. The maximum atomic E-state index is 12.8. The van der Waals surface area contributed by atoms with E-state index < -0.39 is 0 Å². The van der Waals surface area contributed by atoms with E-state index in [1.54, 1.807) is 25.3 Å². The lowest BCUT2D eigenvalue weighted by molar-refractivity contribution is -0.140. The van der Waals surface area contributed by atoms with Crippen molar-refractivity contribution in [3.8, 4) is 23.0 Å². The van der Waals surface area contributed by atoms with Gasteiger partial charge < -0.3 is 18.9 Å². The number of hydrazone groups is 1. The van der Waals surface area contributed by atoms with Gasteiger partial charge in [0.25, 0.3) is 11.8 Å². The Morgan fingerprint density at radius 2 is 1.76 bits per heavy atom. The van der Waals surface area contributed by atoms with Gasteiger partial charge in [0.1, 0.15) is 6.61 Å². The molecule has 2 aliphatic heterocycles. The molecule has 2 bridgehead atoms. The van der Waals surface area contributed by atoms with Gasteiger partial charge in [-0.15, -0.1) is 0 Å². The summed E-state index contributed by atoms with van der Waals surface area (Å²) in [5.41, 5.74) is 1.63. The van der Waals surface area contributed by atoms with Crippen molar-refractivity contribution < 1.29 is 28.5 Å². The lowest BCUT2D eigenvalue weighted by Crippen LogP contribution is -2.28. The summed E-state index contributed by atoms with van der Waals surface area (Å²) >= 11 is 0. The summed E-state index contributed by atoms with van der Waals surface area (Å²) in [6.45, 7) is 0.556. The lowest BCUT2D eigenvalue weighted by atomic mass is 9.85. The monoisotopic (exact) mass is 446 g/mol. The van der Waals surface area contributed by atoms with Crippen molar-refractivity contribution in [3.05, 3.63) is 59.7 Å². The quantitative estimate of drug-likeness (QED) is 0.385. The van der Waals surface area contributed by atoms with E-state index in [0.29, 0.717) is 29.4 Å². The summed E-state index contributed by atoms with van der Waals surface area (Å²) in [7, 11) is 1.56. The molecule has 0 aromatic heterocycles. The third-order valence-corrected chi connectivity index (χ3v) is 6.79. The highest BCUT2D eigenvalue weighted by Gasteiger charge is 2.59. The topological polar surface area (TPSA) is 86.7 Å². The molecule has 4 atom stereocenters. The molecular formula is C25H22N2O6. The Hall–Kier alpha value is -3.81. The molecule has 6 rings (SSSR count). The molecule has 8 heteroatoms. The SMILES string of the molecule is COc1cc(C=NN2C(=O)C3C4C=CC(C4)C3C2=O)ccc1OCc1ccc2c(c1)OCO2. The number of hydrogen-bond donors (Lipinski definition) is 0. The number of allylic oxidation sites excluding steroid dienone is 2. The minimum Gasteiger partial charge on any atom is -0.493 e. The first-order valence-electron chi connectivity index (χ1n) is 10.9. The molecule has 2 amide bonds. The maximum Gasteiger partial charge on any atom is 0.254 e. The number of carbonyl (C=O) groups is 2. The Balaban J connectivity index is 1.15. The summed E-state index contributed by atoms with van der Waals surface area (Å²) in [6, 6.07) is 11.0. The predicted molar refractivity (Wildman–Crippen MR) is 117 cm³/mol. The lowest BCUT2D eigenvalue weighted by Gasteiger charge is -2.13. The van der Waals surface area contributed by atoms with Crippen molar-refractivity contribution in [2.75, 3.05) is 13.9 Å². The number of imide groups is 1. The van der Waals surface area contributed by atoms with Crippen LogP contribution in [0, 0.1) is 23.7 Å². The maximum absolute atomic E-state index is 12.8. The number of amides is 2. The van der Waals surface area contributed by atoms with Crippen LogP contribution < -0.4 is 18.9 Å². The van der Waals surface area contributed by atoms with E-state index in [2.05, 4.69) is 17.3 Å². The van der Waals surface area contributed by atoms with Crippen LogP contribution in [-0.4, -0.2) is 36.9 Å². The highest BCUT2D eigenvalue weighted by Crippen LogP contribution is 2.52. The van der Waals surface area contributed by atoms with Gasteiger partial charge in [0.05, 0.1) is 25.2 Å². The number of hydrogen-bond acceptors (Lipinski definition) is 7. The van der Waals surface area contributed by atoms with Gasteiger partial charge in [-0.1, -0.05) is 18.2 Å². The van der Waals surface area contributed by atoms with Crippen LogP contribution in [0.4, 0.5) is 0 Å². The molecule has 8 nitrogen and oxygen atoms in total. The number of nitrogens with zero attached hydrogens (tertiary/aromatic N) is 2. The van der Waals surface area contributed by atoms with Crippen LogP contribution in [0.2, 0.25) is 0 Å². The van der Waals surface area contributed by atoms with Crippen molar-refractivity contribution in [3.63, 3.8) is 0 Å². The molecule has 2 aromatic carbocycles. The van der Waals surface area contributed by atoms with E-state index in [0.717, 1.165) is 22.7 Å². The third kappa shape index (κ3) is 3.25. The van der Waals surface area contributed by atoms with Crippen molar-refractivity contribution >= 4 is 18.0 Å². The van der Waals surface area contributed by atoms with E-state index in [1.807, 2.05) is 18.2 Å². The Morgan fingerprint density at radius 3 is 2.52 bits per heavy atom. The Morgan fingerprint density at radius 1 is 1.00 bits per heavy atom. The molecule has 2 aliphatic carbocycles. The van der Waals surface area contributed by atoms with Crippen LogP contribution >= 0.6 is 0 Å². The highest BCUT2D eigenvalue weighted by atomic mass is 16.7. The summed E-state index contributed by atoms with van der Waals surface area (Å²) in [4.78, 5) is 25.5. The Labute approximate surface area is 190 Å². The molecule has 2 fully saturated rings. The molecule has 4 unspecified atom stereocenters. The van der Waals surface area contributed by atoms with Crippen LogP contribution in [0.25, 0.3) is 0 Å². The number of rotatable bonds is 6. The molecule has 0 spiro atoms. The molecule has 2 aromatic rings. The zero-order chi connectivity index (χ0) is 22.5. The van der Waals surface area contributed by atoms with Crippen molar-refractivity contribution in [1.82, 2.24) is 5.01 Å². The second-order valence-corrected chi connectivity index (χ2v) is 8.62. The van der Waals surface area contributed by atoms with Crippen molar-refractivity contribution in [1.29, 1.82) is 0 Å². The van der Waals surface area contributed by atoms with Gasteiger partial charge in [-0.25, -0.2) is 0 Å². The normalized spacial score (nSPS) is 26.5. The van der Waals surface area contributed by atoms with Crippen LogP contribution in [-0.2, 0) is 16.2 Å². The largest absolute Gasteiger partial charge is 0.493 e. The fraction of sp³-hybridized carbons (Fsp3) is 0.320. The summed E-state index contributed by atoms with van der Waals surface area (Å²) in [5.74, 6) is 1.93. The molecule has 33 heavy (non-hydrogen) atoms. The molecule has 0 N–H and O–H groups in total. The number of methoxy groups -OCH3 is 1. The summed E-state index contributed by atoms with van der Waals surface area (Å²) in [5, 5.41) is 5.27. The van der Waals surface area contributed by atoms with E-state index >= 15 is 0 Å². The smallest absolute Gasteiger partial charge is 0.254 e. The standard InChI is InChI=1S/C25H22N2O6/c1-30-20-8-14(2-6-18(20)31-12-15-3-7-19-21(9-15)33-13-32-19)11-26-27-24(28)22-16-4-5-17(10-16)23(22)25(27)29/h2-9,11,16-17,22-23H,10,12-13H2,1H3. The minimum absolute atomic E-state index is 0.165. The Bertz CT molecular complexity index is 1180. The van der Waals surface area contributed by atoms with Crippen LogP contribution in [0.15, 0.2) is 53.7 Å². The van der Waals surface area contributed by atoms with Crippen LogP contribution in [0.3, 0.4) is 0 Å². The highest BCUT2D eigenvalue weighted by molar-refractivity contribution is 6.06. The zero-order valence-corrected chi connectivity index (χ0v) is 18.0. The average Bonchev–Trinajstić information content (AvgIpc) is 3.61. The third-order valence-electron chi connectivity index (χ3n) is 6.79. The Kier molecular flexibility index (Phi) is 4.60. The van der Waals surface area contributed by atoms with E-state index in [-0.39, 0.29) is 42.3 Å². The first-order chi connectivity index (χ1) is 16.1. The van der Waals surface area contributed by atoms with Gasteiger partial charge in [-0.2, -0.15) is 10.1 Å². The van der Waals surface area contributed by atoms with Crippen molar-refractivity contribution in [2.45, 2.75) is 13.0 Å². The zero-order valence-electron chi connectivity index (χ0n) is 18.0. The number of fused-ring (bicyclic) bond motifs is 6. The second-order valence-electron chi connectivity index (χ2n) is 8.62. The summed E-state index contributed by atoms with van der Waals surface area (Å²) in [6.07, 6.45) is 6.54. The first-order valence-corrected chi connectivity index (χ1v) is 10.9. The van der Waals surface area contributed by atoms with E-state index in [9.17, 15) is 9.59 Å². The van der Waals surface area contributed by atoms with Crippen LogP contribution in [0.5, 0.6) is 23.0 Å². The van der Waals surface area contributed by atoms with Gasteiger partial charge in [0.15, 0.2) is 23.0 Å². The fourth-order valence-corrected chi connectivity index (χ4v) is 5.20. The molecule has 2 heterocycles. The van der Waals surface area contributed by atoms with Gasteiger partial charge in [0.2, 0.25) is 6.79 Å².